The van der Waals surface area contributed by atoms with Gasteiger partial charge >= 0.3 is 5.69 Å². The zero-order valence-electron chi connectivity index (χ0n) is 17.9. The van der Waals surface area contributed by atoms with Crippen LogP contribution in [0, 0.1) is 0 Å². The third kappa shape index (κ3) is 5.38. The molecule has 1 heterocycles. The van der Waals surface area contributed by atoms with Gasteiger partial charge in [0.25, 0.3) is 0 Å². The van der Waals surface area contributed by atoms with E-state index < -0.39 is 6.10 Å². The van der Waals surface area contributed by atoms with Gasteiger partial charge in [-0.3, -0.25) is 0 Å². The summed E-state index contributed by atoms with van der Waals surface area (Å²) in [7, 11) is 1.65. The minimum absolute atomic E-state index is 0.00777. The first-order valence-corrected chi connectivity index (χ1v) is 10.6. The van der Waals surface area contributed by atoms with Gasteiger partial charge in [0.05, 0.1) is 12.6 Å². The number of benzene rings is 3. The van der Waals surface area contributed by atoms with E-state index in [2.05, 4.69) is 33.5 Å². The summed E-state index contributed by atoms with van der Waals surface area (Å²) >= 11 is 0. The number of aromatic amines is 2. The Morgan fingerprint density at radius 1 is 1.00 bits per heavy atom. The van der Waals surface area contributed by atoms with Crippen LogP contribution in [0.15, 0.2) is 77.6 Å². The molecule has 2 unspecified atom stereocenters. The van der Waals surface area contributed by atoms with Gasteiger partial charge in [-0.2, -0.15) is 0 Å². The van der Waals surface area contributed by atoms with Crippen LogP contribution in [0.5, 0.6) is 11.5 Å². The van der Waals surface area contributed by atoms with Crippen molar-refractivity contribution in [2.45, 2.75) is 18.6 Å². The molecule has 166 valence electrons. The monoisotopic (exact) mass is 433 g/mol. The molecule has 0 amide bonds. The molecule has 4 N–H and O–H groups in total. The molecule has 0 spiro atoms. The van der Waals surface area contributed by atoms with E-state index in [1.165, 1.54) is 5.56 Å². The van der Waals surface area contributed by atoms with Gasteiger partial charge < -0.3 is 29.9 Å². The molecule has 7 heteroatoms. The zero-order valence-corrected chi connectivity index (χ0v) is 17.9. The Kier molecular flexibility index (Phi) is 6.89. The number of aromatic nitrogens is 2. The Hall–Kier alpha value is -3.55. The highest BCUT2D eigenvalue weighted by molar-refractivity contribution is 5.80. The Labute approximate surface area is 186 Å². The first-order valence-electron chi connectivity index (χ1n) is 10.6. The molecule has 1 aromatic heterocycles. The van der Waals surface area contributed by atoms with E-state index in [0.717, 1.165) is 17.7 Å². The molecule has 0 aliphatic rings. The molecule has 2 atom stereocenters. The van der Waals surface area contributed by atoms with Crippen molar-refractivity contribution >= 4 is 11.0 Å². The predicted molar refractivity (Wildman–Crippen MR) is 124 cm³/mol. The largest absolute Gasteiger partial charge is 0.497 e. The lowest BCUT2D eigenvalue weighted by molar-refractivity contribution is 0.104. The number of rotatable bonds is 10. The SMILES string of the molecule is COc1cccc(C(Cc2ccccc2)NCC(O)COc2cccc3[nH]c(=O)[nH]c23)c1. The van der Waals surface area contributed by atoms with E-state index in [1.54, 1.807) is 25.3 Å². The van der Waals surface area contributed by atoms with E-state index in [1.807, 2.05) is 36.4 Å². The Morgan fingerprint density at radius 2 is 1.81 bits per heavy atom. The lowest BCUT2D eigenvalue weighted by atomic mass is 9.98. The number of ether oxygens (including phenoxy) is 2. The van der Waals surface area contributed by atoms with E-state index in [9.17, 15) is 9.90 Å². The van der Waals surface area contributed by atoms with E-state index in [-0.39, 0.29) is 18.3 Å². The average Bonchev–Trinajstić information content (AvgIpc) is 3.21. The van der Waals surface area contributed by atoms with Crippen LogP contribution in [0.1, 0.15) is 17.2 Å². The van der Waals surface area contributed by atoms with Gasteiger partial charge in [0.1, 0.15) is 29.7 Å². The van der Waals surface area contributed by atoms with E-state index in [0.29, 0.717) is 23.3 Å². The number of aliphatic hydroxyl groups excluding tert-OH is 1. The Bertz CT molecular complexity index is 1200. The summed E-state index contributed by atoms with van der Waals surface area (Å²) in [6.07, 6.45) is 0.0330. The first kappa shape index (κ1) is 21.7. The molecule has 4 aromatic rings. The standard InChI is InChI=1S/C25H27N3O4/c1-31-20-10-5-9-18(14-20)22(13-17-7-3-2-4-8-17)26-15-19(29)16-32-23-12-6-11-21-24(23)28-25(30)27-21/h2-12,14,19,22,26,29H,13,15-16H2,1H3,(H2,27,28,30). The maximum atomic E-state index is 11.6. The van der Waals surface area contributed by atoms with Crippen LogP contribution in [-0.4, -0.2) is 41.4 Å². The minimum Gasteiger partial charge on any atom is -0.497 e. The molecule has 7 nitrogen and oxygen atoms in total. The first-order chi connectivity index (χ1) is 15.6. The van der Waals surface area contributed by atoms with Gasteiger partial charge in [0.2, 0.25) is 0 Å². The highest BCUT2D eigenvalue weighted by Gasteiger charge is 2.16. The van der Waals surface area contributed by atoms with Crippen LogP contribution in [0.25, 0.3) is 11.0 Å². The molecule has 0 aliphatic heterocycles. The number of fused-ring (bicyclic) bond motifs is 1. The van der Waals surface area contributed by atoms with Gasteiger partial charge in [-0.15, -0.1) is 0 Å². The fourth-order valence-electron chi connectivity index (χ4n) is 3.69. The number of imidazole rings is 1. The van der Waals surface area contributed by atoms with Crippen LogP contribution in [-0.2, 0) is 6.42 Å². The fraction of sp³-hybridized carbons (Fsp3) is 0.240. The van der Waals surface area contributed by atoms with Crippen LogP contribution in [0.4, 0.5) is 0 Å². The number of H-pyrrole nitrogens is 2. The van der Waals surface area contributed by atoms with Gasteiger partial charge in [0, 0.05) is 12.6 Å². The average molecular weight is 434 g/mol. The third-order valence-corrected chi connectivity index (χ3v) is 5.32. The second-order valence-electron chi connectivity index (χ2n) is 7.65. The quantitative estimate of drug-likeness (QED) is 0.308. The van der Waals surface area contributed by atoms with Gasteiger partial charge in [-0.05, 0) is 41.8 Å². The molecule has 0 aliphatic carbocycles. The number of hydrogen-bond acceptors (Lipinski definition) is 5. The predicted octanol–water partition coefficient (Wildman–Crippen LogP) is 3.18. The van der Waals surface area contributed by atoms with Crippen LogP contribution in [0.3, 0.4) is 0 Å². The number of nitrogens with one attached hydrogen (secondary N) is 3. The maximum absolute atomic E-state index is 11.6. The van der Waals surface area contributed by atoms with Crippen LogP contribution >= 0.6 is 0 Å². The van der Waals surface area contributed by atoms with Crippen molar-refractivity contribution in [3.05, 3.63) is 94.4 Å². The van der Waals surface area contributed by atoms with Crippen molar-refractivity contribution in [3.8, 4) is 11.5 Å². The Morgan fingerprint density at radius 3 is 2.62 bits per heavy atom. The second-order valence-corrected chi connectivity index (χ2v) is 7.65. The van der Waals surface area contributed by atoms with Crippen molar-refractivity contribution < 1.29 is 14.6 Å². The van der Waals surface area contributed by atoms with Crippen molar-refractivity contribution in [2.24, 2.45) is 0 Å². The summed E-state index contributed by atoms with van der Waals surface area (Å²) in [6, 6.07) is 23.5. The fourth-order valence-corrected chi connectivity index (χ4v) is 3.69. The summed E-state index contributed by atoms with van der Waals surface area (Å²) in [5, 5.41) is 14.0. The zero-order chi connectivity index (χ0) is 22.3. The summed E-state index contributed by atoms with van der Waals surface area (Å²) in [6.45, 7) is 0.434. The molecular formula is C25H27N3O4. The maximum Gasteiger partial charge on any atom is 0.323 e. The van der Waals surface area contributed by atoms with Crippen molar-refractivity contribution in [1.29, 1.82) is 0 Å². The lowest BCUT2D eigenvalue weighted by Crippen LogP contribution is -2.34. The van der Waals surface area contributed by atoms with E-state index in [4.69, 9.17) is 9.47 Å². The normalized spacial score (nSPS) is 13.1. The molecule has 0 saturated heterocycles. The highest BCUT2D eigenvalue weighted by Crippen LogP contribution is 2.23. The topological polar surface area (TPSA) is 99.4 Å². The number of para-hydroxylation sites is 1. The number of aliphatic hydroxyl groups is 1. The smallest absolute Gasteiger partial charge is 0.323 e. The minimum atomic E-state index is -0.736. The molecule has 3 aromatic carbocycles. The van der Waals surface area contributed by atoms with Crippen molar-refractivity contribution in [3.63, 3.8) is 0 Å². The lowest BCUT2D eigenvalue weighted by Gasteiger charge is -2.22. The summed E-state index contributed by atoms with van der Waals surface area (Å²) < 4.78 is 11.2. The van der Waals surface area contributed by atoms with Crippen molar-refractivity contribution in [2.75, 3.05) is 20.3 Å². The van der Waals surface area contributed by atoms with E-state index >= 15 is 0 Å². The molecule has 0 saturated carbocycles. The van der Waals surface area contributed by atoms with Crippen molar-refractivity contribution in [1.82, 2.24) is 15.3 Å². The second kappa shape index (κ2) is 10.2. The van der Waals surface area contributed by atoms with Gasteiger partial charge in [-0.1, -0.05) is 48.5 Å². The van der Waals surface area contributed by atoms with Gasteiger partial charge in [-0.25, -0.2) is 4.79 Å². The molecule has 0 fully saturated rings. The van der Waals surface area contributed by atoms with Crippen LogP contribution in [0.2, 0.25) is 0 Å². The highest BCUT2D eigenvalue weighted by atomic mass is 16.5. The van der Waals surface area contributed by atoms with Gasteiger partial charge in [0.15, 0.2) is 0 Å². The summed E-state index contributed by atoms with van der Waals surface area (Å²) in [5.74, 6) is 1.31. The third-order valence-electron chi connectivity index (χ3n) is 5.32. The molecule has 0 bridgehead atoms. The number of methoxy groups -OCH3 is 1. The van der Waals surface area contributed by atoms with Crippen LogP contribution < -0.4 is 20.5 Å². The summed E-state index contributed by atoms with van der Waals surface area (Å²) in [4.78, 5) is 17.0. The molecule has 0 radical (unpaired) electrons. The summed E-state index contributed by atoms with van der Waals surface area (Å²) in [5.41, 5.74) is 3.25. The Balaban J connectivity index is 1.41. The molecule has 32 heavy (non-hydrogen) atoms. The molecular weight excluding hydrogens is 406 g/mol. The number of hydrogen-bond donors (Lipinski definition) is 4. The molecule has 4 rings (SSSR count).